The molecule has 2 heterocycles. The van der Waals surface area contributed by atoms with E-state index in [1.165, 1.54) is 34.4 Å². The smallest absolute Gasteiger partial charge is 0.244 e. The van der Waals surface area contributed by atoms with Crippen LogP contribution in [0, 0.1) is 12.7 Å². The number of carbonyl (C=O) groups excluding carboxylic acids is 1. The lowest BCUT2D eigenvalue weighted by Gasteiger charge is -2.25. The van der Waals surface area contributed by atoms with E-state index in [1.54, 1.807) is 25.1 Å². The maximum absolute atomic E-state index is 13.5. The Balaban J connectivity index is 1.50. The number of nitrogens with one attached hydrogen (secondary N) is 1. The van der Waals surface area contributed by atoms with Crippen molar-refractivity contribution < 1.29 is 22.3 Å². The number of hydrogen-bond donors (Lipinski definition) is 1. The zero-order valence-electron chi connectivity index (χ0n) is 15.9. The Morgan fingerprint density at radius 2 is 2.03 bits per heavy atom. The quantitative estimate of drug-likeness (QED) is 0.664. The van der Waals surface area contributed by atoms with Gasteiger partial charge < -0.3 is 10.1 Å². The highest BCUT2D eigenvalue weighted by Crippen LogP contribution is 2.20. The number of morpholine rings is 1. The molecule has 0 aliphatic carbocycles. The Kier molecular flexibility index (Phi) is 7.23. The number of carbonyl (C=O) groups is 1. The summed E-state index contributed by atoms with van der Waals surface area (Å²) in [6, 6.07) is 7.91. The lowest BCUT2D eigenvalue weighted by Crippen LogP contribution is -2.40. The van der Waals surface area contributed by atoms with Gasteiger partial charge in [0.05, 0.1) is 24.0 Å². The van der Waals surface area contributed by atoms with Crippen molar-refractivity contribution in [2.24, 2.45) is 0 Å². The molecule has 1 N–H and O–H groups in total. The molecule has 29 heavy (non-hydrogen) atoms. The largest absolute Gasteiger partial charge is 0.379 e. The van der Waals surface area contributed by atoms with Gasteiger partial charge in [-0.3, -0.25) is 4.79 Å². The average molecular weight is 440 g/mol. The Bertz CT molecular complexity index is 962. The first-order valence-electron chi connectivity index (χ1n) is 9.05. The zero-order valence-corrected chi connectivity index (χ0v) is 17.6. The summed E-state index contributed by atoms with van der Waals surface area (Å²) in [5, 5.41) is 3.27. The standard InChI is InChI=1S/C19H22FN3O4S2/c1-14-2-3-15(10-17(14)20)11-21-18(24)13-28-19-5-4-16(12-22-19)29(25,26)23-6-8-27-9-7-23/h2-5,10,12H,6-9,11,13H2,1H3,(H,21,24). The van der Waals surface area contributed by atoms with E-state index in [1.807, 2.05) is 0 Å². The summed E-state index contributed by atoms with van der Waals surface area (Å²) in [5.41, 5.74) is 1.24. The molecule has 0 bridgehead atoms. The van der Waals surface area contributed by atoms with Crippen molar-refractivity contribution >= 4 is 27.7 Å². The topological polar surface area (TPSA) is 88.6 Å². The lowest BCUT2D eigenvalue weighted by atomic mass is 10.1. The van der Waals surface area contributed by atoms with E-state index in [2.05, 4.69) is 10.3 Å². The molecule has 1 saturated heterocycles. The third kappa shape index (κ3) is 5.75. The molecule has 1 amide bonds. The molecule has 2 aromatic rings. The Hall–Kier alpha value is -2.01. The molecule has 0 spiro atoms. The van der Waals surface area contributed by atoms with Gasteiger partial charge in [0.2, 0.25) is 15.9 Å². The van der Waals surface area contributed by atoms with Gasteiger partial charge in [-0.1, -0.05) is 23.9 Å². The van der Waals surface area contributed by atoms with Crippen LogP contribution in [0.25, 0.3) is 0 Å². The maximum atomic E-state index is 13.5. The van der Waals surface area contributed by atoms with E-state index in [-0.39, 0.29) is 28.9 Å². The number of rotatable bonds is 7. The number of aromatic nitrogens is 1. The second-order valence-electron chi connectivity index (χ2n) is 6.50. The molecule has 0 atom stereocenters. The Morgan fingerprint density at radius 3 is 2.69 bits per heavy atom. The van der Waals surface area contributed by atoms with Gasteiger partial charge >= 0.3 is 0 Å². The lowest BCUT2D eigenvalue weighted by molar-refractivity contribution is -0.118. The van der Waals surface area contributed by atoms with Crippen molar-refractivity contribution in [2.75, 3.05) is 32.1 Å². The SMILES string of the molecule is Cc1ccc(CNC(=O)CSc2ccc(S(=O)(=O)N3CCOCC3)cn2)cc1F. The normalized spacial score (nSPS) is 15.2. The van der Waals surface area contributed by atoms with Gasteiger partial charge in [-0.25, -0.2) is 17.8 Å². The number of amides is 1. The van der Waals surface area contributed by atoms with Crippen LogP contribution >= 0.6 is 11.8 Å². The second kappa shape index (κ2) is 9.66. The van der Waals surface area contributed by atoms with Crippen LogP contribution < -0.4 is 5.32 Å². The minimum atomic E-state index is -3.58. The average Bonchev–Trinajstić information content (AvgIpc) is 2.74. The first-order chi connectivity index (χ1) is 13.9. The van der Waals surface area contributed by atoms with E-state index in [4.69, 9.17) is 4.74 Å². The molecule has 1 aromatic heterocycles. The molecule has 156 valence electrons. The summed E-state index contributed by atoms with van der Waals surface area (Å²) in [6.45, 7) is 3.32. The van der Waals surface area contributed by atoms with Crippen molar-refractivity contribution in [3.63, 3.8) is 0 Å². The minimum Gasteiger partial charge on any atom is -0.379 e. The third-order valence-electron chi connectivity index (χ3n) is 4.39. The fourth-order valence-corrected chi connectivity index (χ4v) is 4.70. The highest BCUT2D eigenvalue weighted by molar-refractivity contribution is 7.99. The Morgan fingerprint density at radius 1 is 1.28 bits per heavy atom. The van der Waals surface area contributed by atoms with E-state index in [0.29, 0.717) is 42.5 Å². The number of sulfonamides is 1. The first-order valence-corrected chi connectivity index (χ1v) is 11.5. The molecule has 7 nitrogen and oxygen atoms in total. The predicted molar refractivity (Wildman–Crippen MR) is 108 cm³/mol. The van der Waals surface area contributed by atoms with Crippen LogP contribution in [0.15, 0.2) is 46.5 Å². The number of thioether (sulfide) groups is 1. The summed E-state index contributed by atoms with van der Waals surface area (Å²) < 4.78 is 45.2. The van der Waals surface area contributed by atoms with Crippen molar-refractivity contribution in [1.29, 1.82) is 0 Å². The van der Waals surface area contributed by atoms with Crippen molar-refractivity contribution in [1.82, 2.24) is 14.6 Å². The predicted octanol–water partition coefficient (Wildman–Crippen LogP) is 1.96. The van der Waals surface area contributed by atoms with E-state index in [9.17, 15) is 17.6 Å². The highest BCUT2D eigenvalue weighted by Gasteiger charge is 2.26. The molecule has 3 rings (SSSR count). The molecule has 1 aliphatic heterocycles. The summed E-state index contributed by atoms with van der Waals surface area (Å²) in [7, 11) is -3.58. The number of halogens is 1. The monoisotopic (exact) mass is 439 g/mol. The number of benzene rings is 1. The molecule has 0 saturated carbocycles. The number of aryl methyl sites for hydroxylation is 1. The molecule has 1 aliphatic rings. The fourth-order valence-electron chi connectivity index (χ4n) is 2.68. The van der Waals surface area contributed by atoms with Crippen molar-refractivity contribution in [3.05, 3.63) is 53.5 Å². The fraction of sp³-hybridized carbons (Fsp3) is 0.368. The molecule has 1 aromatic carbocycles. The summed E-state index contributed by atoms with van der Waals surface area (Å²) in [6.07, 6.45) is 1.31. The number of pyridine rings is 1. The number of nitrogens with zero attached hydrogens (tertiary/aromatic N) is 2. The van der Waals surface area contributed by atoms with Gasteiger partial charge in [0.15, 0.2) is 0 Å². The zero-order chi connectivity index (χ0) is 20.9. The van der Waals surface area contributed by atoms with Crippen LogP contribution in [0.3, 0.4) is 0 Å². The van der Waals surface area contributed by atoms with Crippen molar-refractivity contribution in [2.45, 2.75) is 23.4 Å². The van der Waals surface area contributed by atoms with Gasteiger partial charge in [-0.15, -0.1) is 0 Å². The van der Waals surface area contributed by atoms with Crippen molar-refractivity contribution in [3.8, 4) is 0 Å². The maximum Gasteiger partial charge on any atom is 0.244 e. The number of ether oxygens (including phenoxy) is 1. The van der Waals surface area contributed by atoms with Gasteiger partial charge in [-0.05, 0) is 36.2 Å². The van der Waals surface area contributed by atoms with E-state index < -0.39 is 10.0 Å². The molecule has 0 unspecified atom stereocenters. The van der Waals surface area contributed by atoms with Crippen LogP contribution in [0.5, 0.6) is 0 Å². The minimum absolute atomic E-state index is 0.120. The van der Waals surface area contributed by atoms with Gasteiger partial charge in [0.1, 0.15) is 10.7 Å². The highest BCUT2D eigenvalue weighted by atomic mass is 32.2. The Labute approximate surface area is 173 Å². The summed E-state index contributed by atoms with van der Waals surface area (Å²) >= 11 is 1.20. The van der Waals surface area contributed by atoms with E-state index >= 15 is 0 Å². The summed E-state index contributed by atoms with van der Waals surface area (Å²) in [5.74, 6) is -0.401. The molecule has 0 radical (unpaired) electrons. The van der Waals surface area contributed by atoms with Gasteiger partial charge in [0.25, 0.3) is 0 Å². The molecular formula is C19H22FN3O4S2. The van der Waals surface area contributed by atoms with Crippen LogP contribution in [-0.4, -0.2) is 55.7 Å². The van der Waals surface area contributed by atoms with E-state index in [0.717, 1.165) is 0 Å². The molecular weight excluding hydrogens is 417 g/mol. The second-order valence-corrected chi connectivity index (χ2v) is 9.43. The first kappa shape index (κ1) is 21.7. The van der Waals surface area contributed by atoms with Crippen LogP contribution in [0.4, 0.5) is 4.39 Å². The number of hydrogen-bond acceptors (Lipinski definition) is 6. The van der Waals surface area contributed by atoms with Crippen LogP contribution in [0.2, 0.25) is 0 Å². The van der Waals surface area contributed by atoms with Crippen LogP contribution in [0.1, 0.15) is 11.1 Å². The molecule has 10 heteroatoms. The van der Waals surface area contributed by atoms with Gasteiger partial charge in [-0.2, -0.15) is 4.31 Å². The third-order valence-corrected chi connectivity index (χ3v) is 7.22. The van der Waals surface area contributed by atoms with Gasteiger partial charge in [0, 0.05) is 25.8 Å². The molecule has 1 fully saturated rings. The summed E-state index contributed by atoms with van der Waals surface area (Å²) in [4.78, 5) is 16.3. The van der Waals surface area contributed by atoms with Crippen LogP contribution in [-0.2, 0) is 26.1 Å².